The first-order chi connectivity index (χ1) is 6.07. The van der Waals surface area contributed by atoms with Crippen LogP contribution in [0.4, 0.5) is 4.39 Å². The lowest BCUT2D eigenvalue weighted by Gasteiger charge is -2.12. The molecule has 3 heteroatoms. The Labute approximate surface area is 78.8 Å². The molecule has 0 aromatic carbocycles. The van der Waals surface area contributed by atoms with Gasteiger partial charge in [-0.3, -0.25) is 4.39 Å². The van der Waals surface area contributed by atoms with Crippen LogP contribution in [0.3, 0.4) is 0 Å². The number of ether oxygens (including phenoxy) is 1. The van der Waals surface area contributed by atoms with E-state index in [1.807, 2.05) is 0 Å². The van der Waals surface area contributed by atoms with E-state index in [0.29, 0.717) is 18.4 Å². The van der Waals surface area contributed by atoms with Crippen molar-refractivity contribution in [2.75, 3.05) is 6.67 Å². The van der Waals surface area contributed by atoms with E-state index in [4.69, 9.17) is 4.74 Å². The lowest BCUT2D eigenvalue weighted by atomic mass is 10.2. The lowest BCUT2D eigenvalue weighted by molar-refractivity contribution is -0.143. The first-order valence-electron chi connectivity index (χ1n) is 4.50. The van der Waals surface area contributed by atoms with Crippen LogP contribution in [-0.2, 0) is 9.53 Å². The van der Waals surface area contributed by atoms with Gasteiger partial charge in [0.1, 0.15) is 0 Å². The van der Waals surface area contributed by atoms with Gasteiger partial charge in [0.25, 0.3) is 0 Å². The van der Waals surface area contributed by atoms with Crippen LogP contribution < -0.4 is 0 Å². The molecule has 0 aliphatic heterocycles. The number of rotatable bonds is 6. The van der Waals surface area contributed by atoms with Gasteiger partial charge in [0.15, 0.2) is 0 Å². The molecule has 0 rings (SSSR count). The van der Waals surface area contributed by atoms with Gasteiger partial charge in [-0.25, -0.2) is 4.79 Å². The summed E-state index contributed by atoms with van der Waals surface area (Å²) in [5.41, 5.74) is 0.400. The van der Waals surface area contributed by atoms with E-state index in [2.05, 4.69) is 6.58 Å². The largest absolute Gasteiger partial charge is 0.459 e. The van der Waals surface area contributed by atoms with Gasteiger partial charge >= 0.3 is 5.97 Å². The summed E-state index contributed by atoms with van der Waals surface area (Å²) in [4.78, 5) is 11.0. The first kappa shape index (κ1) is 12.1. The van der Waals surface area contributed by atoms with Crippen molar-refractivity contribution >= 4 is 5.97 Å². The Balaban J connectivity index is 3.55. The molecule has 0 amide bonds. The van der Waals surface area contributed by atoms with Crippen molar-refractivity contribution in [1.82, 2.24) is 0 Å². The Kier molecular flexibility index (Phi) is 6.20. The summed E-state index contributed by atoms with van der Waals surface area (Å²) < 4.78 is 16.7. The lowest BCUT2D eigenvalue weighted by Crippen LogP contribution is -2.15. The highest BCUT2D eigenvalue weighted by atomic mass is 19.1. The molecule has 0 heterocycles. The average molecular weight is 188 g/mol. The van der Waals surface area contributed by atoms with E-state index >= 15 is 0 Å². The molecule has 0 spiro atoms. The fraction of sp³-hybridized carbons (Fsp3) is 0.700. The van der Waals surface area contributed by atoms with Gasteiger partial charge in [-0.1, -0.05) is 6.58 Å². The van der Waals surface area contributed by atoms with Crippen LogP contribution in [-0.4, -0.2) is 18.7 Å². The third-order valence-corrected chi connectivity index (χ3v) is 1.65. The number of esters is 1. The molecule has 1 unspecified atom stereocenters. The highest BCUT2D eigenvalue weighted by Crippen LogP contribution is 2.06. The van der Waals surface area contributed by atoms with Crippen molar-refractivity contribution in [3.63, 3.8) is 0 Å². The van der Waals surface area contributed by atoms with E-state index in [-0.39, 0.29) is 18.7 Å². The quantitative estimate of drug-likeness (QED) is 0.364. The molecule has 76 valence electrons. The summed E-state index contributed by atoms with van der Waals surface area (Å²) in [6, 6.07) is 0. The van der Waals surface area contributed by atoms with Crippen molar-refractivity contribution in [3.8, 4) is 0 Å². The van der Waals surface area contributed by atoms with Gasteiger partial charge in [0.2, 0.25) is 0 Å². The predicted octanol–water partition coefficient (Wildman–Crippen LogP) is 2.63. The van der Waals surface area contributed by atoms with Crippen LogP contribution in [0.1, 0.15) is 33.1 Å². The van der Waals surface area contributed by atoms with Crippen LogP contribution >= 0.6 is 0 Å². The Hall–Kier alpha value is -0.860. The molecule has 0 radical (unpaired) electrons. The molecule has 0 N–H and O–H groups in total. The molecule has 13 heavy (non-hydrogen) atoms. The molecule has 0 bridgehead atoms. The standard InChI is InChI=1S/C10H17FO2/c1-8(2)10(12)13-9(3)6-4-5-7-11/h9H,1,4-7H2,2-3H3. The molecule has 0 saturated heterocycles. The molecule has 0 aromatic rings. The third kappa shape index (κ3) is 6.31. The smallest absolute Gasteiger partial charge is 0.333 e. The maximum Gasteiger partial charge on any atom is 0.333 e. The van der Waals surface area contributed by atoms with Gasteiger partial charge in [0, 0.05) is 5.57 Å². The number of carbonyl (C=O) groups excluding carboxylic acids is 1. The van der Waals surface area contributed by atoms with E-state index in [9.17, 15) is 9.18 Å². The fourth-order valence-corrected chi connectivity index (χ4v) is 0.869. The number of hydrogen-bond donors (Lipinski definition) is 0. The van der Waals surface area contributed by atoms with Crippen LogP contribution in [0.15, 0.2) is 12.2 Å². The summed E-state index contributed by atoms with van der Waals surface area (Å²) >= 11 is 0. The zero-order chi connectivity index (χ0) is 10.3. The summed E-state index contributed by atoms with van der Waals surface area (Å²) in [6.07, 6.45) is 1.86. The molecule has 0 aliphatic rings. The molecule has 0 aliphatic carbocycles. The topological polar surface area (TPSA) is 26.3 Å². The Bertz CT molecular complexity index is 178. The van der Waals surface area contributed by atoms with Crippen molar-refractivity contribution < 1.29 is 13.9 Å². The second-order valence-corrected chi connectivity index (χ2v) is 3.18. The zero-order valence-corrected chi connectivity index (χ0v) is 8.31. The number of halogens is 1. The predicted molar refractivity (Wildman–Crippen MR) is 50.2 cm³/mol. The van der Waals surface area contributed by atoms with Crippen LogP contribution in [0, 0.1) is 0 Å². The van der Waals surface area contributed by atoms with Crippen LogP contribution in [0.25, 0.3) is 0 Å². The molecular formula is C10H17FO2. The highest BCUT2D eigenvalue weighted by molar-refractivity contribution is 5.87. The monoisotopic (exact) mass is 188 g/mol. The van der Waals surface area contributed by atoms with Gasteiger partial charge in [-0.05, 0) is 33.1 Å². The maximum atomic E-state index is 11.7. The minimum absolute atomic E-state index is 0.143. The van der Waals surface area contributed by atoms with Crippen molar-refractivity contribution in [2.45, 2.75) is 39.2 Å². The Morgan fingerprint density at radius 1 is 1.54 bits per heavy atom. The minimum atomic E-state index is -0.368. The van der Waals surface area contributed by atoms with Gasteiger partial charge in [-0.15, -0.1) is 0 Å². The van der Waals surface area contributed by atoms with E-state index in [1.165, 1.54) is 0 Å². The van der Waals surface area contributed by atoms with Gasteiger partial charge in [-0.2, -0.15) is 0 Å². The molecule has 0 fully saturated rings. The minimum Gasteiger partial charge on any atom is -0.459 e. The Morgan fingerprint density at radius 2 is 2.15 bits per heavy atom. The maximum absolute atomic E-state index is 11.7. The van der Waals surface area contributed by atoms with E-state index < -0.39 is 0 Å². The summed E-state index contributed by atoms with van der Waals surface area (Å²) in [5, 5.41) is 0. The molecule has 0 aromatic heterocycles. The van der Waals surface area contributed by atoms with Crippen molar-refractivity contribution in [1.29, 1.82) is 0 Å². The third-order valence-electron chi connectivity index (χ3n) is 1.65. The molecule has 1 atom stereocenters. The first-order valence-corrected chi connectivity index (χ1v) is 4.50. The van der Waals surface area contributed by atoms with Crippen molar-refractivity contribution in [2.24, 2.45) is 0 Å². The summed E-state index contributed by atoms with van der Waals surface area (Å²) in [7, 11) is 0. The SMILES string of the molecule is C=C(C)C(=O)OC(C)CCCCF. The van der Waals surface area contributed by atoms with Crippen LogP contribution in [0.2, 0.25) is 0 Å². The van der Waals surface area contributed by atoms with Crippen molar-refractivity contribution in [3.05, 3.63) is 12.2 Å². The molecule has 2 nitrogen and oxygen atoms in total. The van der Waals surface area contributed by atoms with Gasteiger partial charge in [0.05, 0.1) is 12.8 Å². The second kappa shape index (κ2) is 6.63. The number of alkyl halides is 1. The van der Waals surface area contributed by atoms with E-state index in [1.54, 1.807) is 13.8 Å². The second-order valence-electron chi connectivity index (χ2n) is 3.18. The zero-order valence-electron chi connectivity index (χ0n) is 8.31. The summed E-state index contributed by atoms with van der Waals surface area (Å²) in [6.45, 7) is 6.58. The van der Waals surface area contributed by atoms with E-state index in [0.717, 1.165) is 6.42 Å². The van der Waals surface area contributed by atoms with Crippen LogP contribution in [0.5, 0.6) is 0 Å². The Morgan fingerprint density at radius 3 is 2.62 bits per heavy atom. The number of hydrogen-bond acceptors (Lipinski definition) is 2. The normalized spacial score (nSPS) is 12.2. The molecule has 0 saturated carbocycles. The number of carbonyl (C=O) groups is 1. The number of unbranched alkanes of at least 4 members (excludes halogenated alkanes) is 1. The summed E-state index contributed by atoms with van der Waals surface area (Å²) in [5.74, 6) is -0.368. The van der Waals surface area contributed by atoms with Gasteiger partial charge < -0.3 is 4.74 Å². The average Bonchev–Trinajstić information content (AvgIpc) is 2.04. The molecular weight excluding hydrogens is 171 g/mol. The highest BCUT2D eigenvalue weighted by Gasteiger charge is 2.08. The fourth-order valence-electron chi connectivity index (χ4n) is 0.869.